The number of hydrogen-bond donors (Lipinski definition) is 0. The smallest absolute Gasteiger partial charge is 0 e. The molecule has 0 nitrogen and oxygen atoms in total. The molecular weight excluding hydrogens is 541 g/mol. The van der Waals surface area contributed by atoms with E-state index in [0.29, 0.717) is 0 Å². The zero-order chi connectivity index (χ0) is 0. The van der Waals surface area contributed by atoms with E-state index >= 15 is 0 Å². The van der Waals surface area contributed by atoms with Crippen LogP contribution in [0.5, 0.6) is 0 Å². The third-order valence-corrected chi connectivity index (χ3v) is 0. The van der Waals surface area contributed by atoms with Gasteiger partial charge in [-0.25, -0.2) is 0 Å². The molecule has 0 heterocycles. The molecular formula is H21Al7Ni6. The molecule has 0 rings (SSSR count). The molecule has 13 heteroatoms. The van der Waals surface area contributed by atoms with Crippen molar-refractivity contribution in [2.45, 2.75) is 0 Å². The summed E-state index contributed by atoms with van der Waals surface area (Å²) in [4.78, 5) is 0. The van der Waals surface area contributed by atoms with Gasteiger partial charge >= 0.3 is 0 Å². The molecule has 13 heavy (non-hydrogen) atoms. The second-order valence-corrected chi connectivity index (χ2v) is 0. The third-order valence-electron chi connectivity index (χ3n) is 0. The molecule has 0 aliphatic heterocycles. The minimum atomic E-state index is 0. The topological polar surface area (TPSA) is 0 Å². The zero-order valence-corrected chi connectivity index (χ0v) is 7.82. The first kappa shape index (κ1) is 154. The second-order valence-electron chi connectivity index (χ2n) is 0. The van der Waals surface area contributed by atoms with Crippen LogP contribution in [0.3, 0.4) is 0 Å². The van der Waals surface area contributed by atoms with E-state index in [4.69, 9.17) is 0 Å². The quantitative estimate of drug-likeness (QED) is 0.258. The van der Waals surface area contributed by atoms with Gasteiger partial charge in [0.15, 0.2) is 122 Å². The number of hydrogen-bond acceptors (Lipinski definition) is 0. The van der Waals surface area contributed by atoms with Crippen LogP contribution < -0.4 is 0 Å². The number of rotatable bonds is 0. The van der Waals surface area contributed by atoms with E-state index in [9.17, 15) is 0 Å². The molecule has 0 aromatic carbocycles. The first-order valence-electron chi connectivity index (χ1n) is 0. The van der Waals surface area contributed by atoms with Crippen molar-refractivity contribution < 1.29 is 98.9 Å². The van der Waals surface area contributed by atoms with Gasteiger partial charge in [0.25, 0.3) is 0 Å². The predicted octanol–water partition coefficient (Wildman–Crippen LogP) is -8.30. The Bertz CT molecular complexity index is 12.9. The molecule has 0 aliphatic rings. The van der Waals surface area contributed by atoms with Crippen molar-refractivity contribution >= 4 is 122 Å². The molecule has 0 atom stereocenters. The monoisotopic (exact) mass is 558 g/mol. The van der Waals surface area contributed by atoms with E-state index in [0.717, 1.165) is 0 Å². The van der Waals surface area contributed by atoms with Crippen molar-refractivity contribution in [1.82, 2.24) is 0 Å². The summed E-state index contributed by atoms with van der Waals surface area (Å²) in [7, 11) is 0. The molecule has 0 aromatic heterocycles. The third kappa shape index (κ3) is 116. The zero-order valence-electron chi connectivity index (χ0n) is 1.90. The van der Waals surface area contributed by atoms with Gasteiger partial charge in [0.05, 0.1) is 0 Å². The van der Waals surface area contributed by atoms with Crippen LogP contribution in [0.4, 0.5) is 0 Å². The SMILES string of the molecule is [AlH3].[AlH3].[AlH3].[AlH3].[AlH3].[AlH3].[AlH3].[Ni].[Ni].[Ni].[Ni].[Ni].[Ni]. The van der Waals surface area contributed by atoms with Gasteiger partial charge in [-0.15, -0.1) is 0 Å². The fourth-order valence-corrected chi connectivity index (χ4v) is 0. The summed E-state index contributed by atoms with van der Waals surface area (Å²) in [6.07, 6.45) is 0. The molecule has 0 fully saturated rings. The summed E-state index contributed by atoms with van der Waals surface area (Å²) in [5, 5.41) is 0. The van der Waals surface area contributed by atoms with Gasteiger partial charge < -0.3 is 0 Å². The summed E-state index contributed by atoms with van der Waals surface area (Å²) in [5.41, 5.74) is 0. The molecule has 0 saturated heterocycles. The van der Waals surface area contributed by atoms with Crippen LogP contribution in [0.25, 0.3) is 0 Å². The fourth-order valence-electron chi connectivity index (χ4n) is 0. The van der Waals surface area contributed by atoms with Crippen molar-refractivity contribution in [3.63, 3.8) is 0 Å². The van der Waals surface area contributed by atoms with E-state index in [1.165, 1.54) is 0 Å². The summed E-state index contributed by atoms with van der Waals surface area (Å²) >= 11 is 0. The molecule has 102 valence electrons. The van der Waals surface area contributed by atoms with Gasteiger partial charge in [0.1, 0.15) is 0 Å². The summed E-state index contributed by atoms with van der Waals surface area (Å²) in [6, 6.07) is 0. The van der Waals surface area contributed by atoms with Crippen LogP contribution in [0.2, 0.25) is 0 Å². The van der Waals surface area contributed by atoms with Crippen molar-refractivity contribution in [2.75, 3.05) is 0 Å². The van der Waals surface area contributed by atoms with Crippen molar-refractivity contribution in [3.05, 3.63) is 0 Å². The van der Waals surface area contributed by atoms with Gasteiger partial charge in [-0.2, -0.15) is 0 Å². The van der Waals surface area contributed by atoms with Crippen molar-refractivity contribution in [2.24, 2.45) is 0 Å². The molecule has 0 saturated carbocycles. The van der Waals surface area contributed by atoms with E-state index in [1.54, 1.807) is 0 Å². The van der Waals surface area contributed by atoms with Crippen LogP contribution in [0.1, 0.15) is 0 Å². The Labute approximate surface area is 216 Å². The van der Waals surface area contributed by atoms with Crippen molar-refractivity contribution in [3.8, 4) is 0 Å². The normalized spacial score (nSPS) is 0. The standard InChI is InChI=1S/7Al.6Ni.21H. The Morgan fingerprint density at radius 2 is 0.154 bits per heavy atom. The summed E-state index contributed by atoms with van der Waals surface area (Å²) in [6.45, 7) is 0. The van der Waals surface area contributed by atoms with Gasteiger partial charge in [-0.3, -0.25) is 0 Å². The Kier molecular flexibility index (Phi) is 1550. The largest absolute Gasteiger partial charge is 0.187 e. The molecule has 0 spiro atoms. The maximum absolute atomic E-state index is 0. The van der Waals surface area contributed by atoms with Crippen LogP contribution in [0.15, 0.2) is 0 Å². The Hall–Kier alpha value is 6.69. The minimum absolute atomic E-state index is 0. The first-order valence-corrected chi connectivity index (χ1v) is 0. The molecule has 0 aromatic rings. The average molecular weight is 562 g/mol. The van der Waals surface area contributed by atoms with Gasteiger partial charge in [0.2, 0.25) is 0 Å². The molecule has 0 aliphatic carbocycles. The van der Waals surface area contributed by atoms with Gasteiger partial charge in [-0.1, -0.05) is 0 Å². The minimum Gasteiger partial charge on any atom is 0 e. The Balaban J connectivity index is 0. The molecule has 0 amide bonds. The molecule has 0 radical (unpaired) electrons. The second kappa shape index (κ2) is 131. The predicted molar refractivity (Wildman–Crippen MR) is 69.6 cm³/mol. The van der Waals surface area contributed by atoms with Gasteiger partial charge in [-0.05, 0) is 0 Å². The van der Waals surface area contributed by atoms with E-state index < -0.39 is 0 Å². The van der Waals surface area contributed by atoms with E-state index in [2.05, 4.69) is 0 Å². The fraction of sp³-hybridized carbons (Fsp3) is 0. The Morgan fingerprint density at radius 3 is 0.154 bits per heavy atom. The summed E-state index contributed by atoms with van der Waals surface area (Å²) in [5.74, 6) is 0. The van der Waals surface area contributed by atoms with Crippen LogP contribution >= 0.6 is 0 Å². The maximum Gasteiger partial charge on any atom is 0.187 e. The molecule has 0 unspecified atom stereocenters. The molecule has 0 N–H and O–H groups in total. The maximum atomic E-state index is 0. The van der Waals surface area contributed by atoms with E-state index in [-0.39, 0.29) is 220 Å². The average Bonchev–Trinajstić information content (AvgIpc) is 0. The van der Waals surface area contributed by atoms with Crippen molar-refractivity contribution in [1.29, 1.82) is 0 Å². The van der Waals surface area contributed by atoms with Crippen LogP contribution in [-0.4, -0.2) is 122 Å². The van der Waals surface area contributed by atoms with Gasteiger partial charge in [0, 0.05) is 98.9 Å². The van der Waals surface area contributed by atoms with Crippen LogP contribution in [0, 0.1) is 0 Å². The summed E-state index contributed by atoms with van der Waals surface area (Å²) < 4.78 is 0. The Morgan fingerprint density at radius 1 is 0.154 bits per heavy atom. The molecule has 0 bridgehead atoms. The first-order chi connectivity index (χ1) is 0. The van der Waals surface area contributed by atoms with E-state index in [1.807, 2.05) is 0 Å². The van der Waals surface area contributed by atoms with Crippen LogP contribution in [-0.2, 0) is 98.9 Å².